The number of thioether (sulfide) groups is 1. The highest BCUT2D eigenvalue weighted by molar-refractivity contribution is 7.99. The van der Waals surface area contributed by atoms with Crippen LogP contribution in [0, 0.1) is 6.92 Å². The molecule has 26 heavy (non-hydrogen) atoms. The molecule has 1 aromatic heterocycles. The molecular weight excluding hydrogens is 354 g/mol. The first-order valence-electron chi connectivity index (χ1n) is 8.31. The van der Waals surface area contributed by atoms with E-state index in [4.69, 9.17) is 9.84 Å². The second kappa shape index (κ2) is 7.82. The van der Waals surface area contributed by atoms with Crippen LogP contribution in [0.25, 0.3) is 5.69 Å². The molecule has 1 aliphatic rings. The normalized spacial score (nSPS) is 17.2. The lowest BCUT2D eigenvalue weighted by Gasteiger charge is -2.34. The van der Waals surface area contributed by atoms with Crippen molar-refractivity contribution >= 4 is 23.6 Å². The van der Waals surface area contributed by atoms with E-state index in [0.717, 1.165) is 17.0 Å². The Balaban J connectivity index is 1.86. The van der Waals surface area contributed by atoms with E-state index in [2.05, 4.69) is 5.10 Å². The van der Waals surface area contributed by atoms with Crippen LogP contribution in [0.2, 0.25) is 0 Å². The molecule has 1 aromatic carbocycles. The Kier molecular flexibility index (Phi) is 5.51. The maximum absolute atomic E-state index is 12.9. The largest absolute Gasteiger partial charge is 0.494 e. The number of amides is 1. The Bertz CT molecular complexity index is 821. The van der Waals surface area contributed by atoms with Gasteiger partial charge in [-0.2, -0.15) is 16.9 Å². The second-order valence-electron chi connectivity index (χ2n) is 6.15. The number of aryl methyl sites for hydroxylation is 1. The average Bonchev–Trinajstić information content (AvgIpc) is 3.11. The summed E-state index contributed by atoms with van der Waals surface area (Å²) in [6, 6.07) is 7.09. The van der Waals surface area contributed by atoms with Gasteiger partial charge in [0.15, 0.2) is 5.69 Å². The van der Waals surface area contributed by atoms with Crippen LogP contribution in [0.4, 0.5) is 0 Å². The molecule has 1 amide bonds. The number of nitrogens with zero attached hydrogens (tertiary/aromatic N) is 3. The number of hydrogen-bond donors (Lipinski definition) is 1. The Morgan fingerprint density at radius 3 is 2.92 bits per heavy atom. The maximum Gasteiger partial charge on any atom is 0.305 e. The molecule has 1 saturated heterocycles. The fraction of sp³-hybridized carbons (Fsp3) is 0.389. The number of carboxylic acids is 1. The number of carboxylic acid groups (broad SMARTS) is 1. The summed E-state index contributed by atoms with van der Waals surface area (Å²) < 4.78 is 6.99. The molecule has 8 heteroatoms. The summed E-state index contributed by atoms with van der Waals surface area (Å²) in [4.78, 5) is 25.6. The lowest BCUT2D eigenvalue weighted by atomic mass is 10.2. The van der Waals surface area contributed by atoms with Crippen molar-refractivity contribution in [2.45, 2.75) is 19.4 Å². The third-order valence-electron chi connectivity index (χ3n) is 4.29. The van der Waals surface area contributed by atoms with E-state index in [-0.39, 0.29) is 18.4 Å². The summed E-state index contributed by atoms with van der Waals surface area (Å²) >= 11 is 1.67. The van der Waals surface area contributed by atoms with E-state index >= 15 is 0 Å². The van der Waals surface area contributed by atoms with Gasteiger partial charge in [-0.05, 0) is 30.7 Å². The van der Waals surface area contributed by atoms with Gasteiger partial charge in [0.05, 0.1) is 19.6 Å². The van der Waals surface area contributed by atoms with Crippen LogP contribution in [0.1, 0.15) is 22.5 Å². The van der Waals surface area contributed by atoms with Gasteiger partial charge in [0.25, 0.3) is 5.91 Å². The molecule has 0 spiro atoms. The predicted molar refractivity (Wildman–Crippen MR) is 99.3 cm³/mol. The number of aliphatic carboxylic acids is 1. The van der Waals surface area contributed by atoms with Crippen molar-refractivity contribution in [2.24, 2.45) is 0 Å². The van der Waals surface area contributed by atoms with Crippen LogP contribution in [0.3, 0.4) is 0 Å². The highest BCUT2D eigenvalue weighted by atomic mass is 32.2. The Hall–Kier alpha value is -2.48. The standard InChI is InChI=1S/C18H21N3O4S/c1-12-3-4-16(25-2)15(9-12)21-6-5-14(19-21)18(24)20-7-8-26-11-13(20)10-17(22)23/h3-6,9,13H,7-8,10-11H2,1-2H3,(H,22,23). The molecule has 1 N–H and O–H groups in total. The molecule has 0 saturated carbocycles. The molecule has 2 aromatic rings. The molecule has 1 aliphatic heterocycles. The Labute approximate surface area is 155 Å². The van der Waals surface area contributed by atoms with Gasteiger partial charge in [-0.25, -0.2) is 4.68 Å². The summed E-state index contributed by atoms with van der Waals surface area (Å²) in [6.45, 7) is 2.50. The second-order valence-corrected chi connectivity index (χ2v) is 7.30. The molecule has 3 rings (SSSR count). The zero-order valence-corrected chi connectivity index (χ0v) is 15.5. The van der Waals surface area contributed by atoms with E-state index in [1.54, 1.807) is 40.7 Å². The molecular formula is C18H21N3O4S. The van der Waals surface area contributed by atoms with Crippen LogP contribution in [-0.2, 0) is 4.79 Å². The number of hydrogen-bond acceptors (Lipinski definition) is 5. The van der Waals surface area contributed by atoms with Gasteiger partial charge in [-0.1, -0.05) is 6.07 Å². The monoisotopic (exact) mass is 375 g/mol. The highest BCUT2D eigenvalue weighted by Gasteiger charge is 2.30. The average molecular weight is 375 g/mol. The quantitative estimate of drug-likeness (QED) is 0.863. The first kappa shape index (κ1) is 18.3. The molecule has 138 valence electrons. The van der Waals surface area contributed by atoms with Gasteiger partial charge < -0.3 is 14.7 Å². The van der Waals surface area contributed by atoms with Crippen molar-refractivity contribution < 1.29 is 19.4 Å². The molecule has 7 nitrogen and oxygen atoms in total. The van der Waals surface area contributed by atoms with E-state index in [9.17, 15) is 9.59 Å². The third kappa shape index (κ3) is 3.85. The molecule has 1 atom stereocenters. The topological polar surface area (TPSA) is 84.7 Å². The lowest BCUT2D eigenvalue weighted by Crippen LogP contribution is -2.47. The van der Waals surface area contributed by atoms with Gasteiger partial charge in [0, 0.05) is 24.2 Å². The molecule has 1 unspecified atom stereocenters. The van der Waals surface area contributed by atoms with Gasteiger partial charge in [-0.3, -0.25) is 9.59 Å². The molecule has 0 aliphatic carbocycles. The van der Waals surface area contributed by atoms with Crippen molar-refractivity contribution in [2.75, 3.05) is 25.2 Å². The van der Waals surface area contributed by atoms with E-state index in [1.807, 2.05) is 25.1 Å². The number of carbonyl (C=O) groups excluding carboxylic acids is 1. The van der Waals surface area contributed by atoms with E-state index < -0.39 is 5.97 Å². The summed E-state index contributed by atoms with van der Waals surface area (Å²) in [5.74, 6) is 0.960. The summed E-state index contributed by atoms with van der Waals surface area (Å²) in [7, 11) is 1.59. The Morgan fingerprint density at radius 2 is 2.19 bits per heavy atom. The van der Waals surface area contributed by atoms with E-state index in [1.165, 1.54) is 0 Å². The fourth-order valence-corrected chi connectivity index (χ4v) is 4.05. The number of carbonyl (C=O) groups is 2. The number of rotatable bonds is 5. The Morgan fingerprint density at radius 1 is 1.38 bits per heavy atom. The van der Waals surface area contributed by atoms with Crippen LogP contribution < -0.4 is 4.74 Å². The first-order valence-corrected chi connectivity index (χ1v) is 9.46. The molecule has 0 radical (unpaired) electrons. The van der Waals surface area contributed by atoms with Gasteiger partial charge >= 0.3 is 5.97 Å². The van der Waals surface area contributed by atoms with Gasteiger partial charge in [0.2, 0.25) is 0 Å². The SMILES string of the molecule is COc1ccc(C)cc1-n1ccc(C(=O)N2CCSCC2CC(=O)O)n1. The number of ether oxygens (including phenoxy) is 1. The summed E-state index contributed by atoms with van der Waals surface area (Å²) in [5.41, 5.74) is 2.11. The van der Waals surface area contributed by atoms with Crippen LogP contribution in [-0.4, -0.2) is 62.9 Å². The third-order valence-corrected chi connectivity index (χ3v) is 5.38. The van der Waals surface area contributed by atoms with Crippen LogP contribution in [0.15, 0.2) is 30.5 Å². The smallest absolute Gasteiger partial charge is 0.305 e. The summed E-state index contributed by atoms with van der Waals surface area (Å²) in [6.07, 6.45) is 1.67. The summed E-state index contributed by atoms with van der Waals surface area (Å²) in [5, 5.41) is 13.5. The minimum atomic E-state index is -0.898. The molecule has 2 heterocycles. The van der Waals surface area contributed by atoms with Gasteiger partial charge in [-0.15, -0.1) is 0 Å². The van der Waals surface area contributed by atoms with Crippen molar-refractivity contribution in [3.63, 3.8) is 0 Å². The maximum atomic E-state index is 12.9. The fourth-order valence-electron chi connectivity index (χ4n) is 2.99. The van der Waals surface area contributed by atoms with Crippen molar-refractivity contribution in [1.82, 2.24) is 14.7 Å². The molecule has 0 bridgehead atoms. The van der Waals surface area contributed by atoms with Crippen LogP contribution >= 0.6 is 11.8 Å². The minimum absolute atomic E-state index is 0.0504. The van der Waals surface area contributed by atoms with E-state index in [0.29, 0.717) is 23.7 Å². The zero-order valence-electron chi connectivity index (χ0n) is 14.7. The first-order chi connectivity index (χ1) is 12.5. The van der Waals surface area contributed by atoms with Crippen LogP contribution in [0.5, 0.6) is 5.75 Å². The number of methoxy groups -OCH3 is 1. The lowest BCUT2D eigenvalue weighted by molar-refractivity contribution is -0.138. The minimum Gasteiger partial charge on any atom is -0.494 e. The number of aromatic nitrogens is 2. The van der Waals surface area contributed by atoms with Gasteiger partial charge in [0.1, 0.15) is 11.4 Å². The van der Waals surface area contributed by atoms with Crippen molar-refractivity contribution in [3.05, 3.63) is 41.7 Å². The predicted octanol–water partition coefficient (Wildman–Crippen LogP) is 2.22. The number of benzene rings is 1. The molecule has 1 fully saturated rings. The van der Waals surface area contributed by atoms with Crippen molar-refractivity contribution in [3.8, 4) is 11.4 Å². The highest BCUT2D eigenvalue weighted by Crippen LogP contribution is 2.25. The zero-order chi connectivity index (χ0) is 18.7. The van der Waals surface area contributed by atoms with Crippen molar-refractivity contribution in [1.29, 1.82) is 0 Å².